The number of methoxy groups -OCH3 is 1. The quantitative estimate of drug-likeness (QED) is 0.497. The lowest BCUT2D eigenvalue weighted by molar-refractivity contribution is -0.120. The second-order valence-corrected chi connectivity index (χ2v) is 10.8. The molecule has 2 N–H and O–H groups in total. The van der Waals surface area contributed by atoms with E-state index >= 15 is 0 Å². The largest absolute Gasteiger partial charge is 0.496 e. The number of piperidine rings is 1. The first-order valence-corrected chi connectivity index (χ1v) is 13.3. The predicted molar refractivity (Wildman–Crippen MR) is 134 cm³/mol. The molecule has 2 aromatic carbocycles. The summed E-state index contributed by atoms with van der Waals surface area (Å²) in [5.41, 5.74) is 1.37. The Morgan fingerprint density at radius 1 is 1.22 bits per heavy atom. The van der Waals surface area contributed by atoms with Crippen molar-refractivity contribution in [2.45, 2.75) is 36.5 Å². The van der Waals surface area contributed by atoms with Crippen LogP contribution in [0.4, 0.5) is 0 Å². The maximum absolute atomic E-state index is 13.4. The van der Waals surface area contributed by atoms with Gasteiger partial charge in [0.15, 0.2) is 0 Å². The second kappa shape index (κ2) is 11.2. The molecule has 3 unspecified atom stereocenters. The Balaban J connectivity index is 1.41. The van der Waals surface area contributed by atoms with Gasteiger partial charge in [0.2, 0.25) is 15.9 Å². The van der Waals surface area contributed by atoms with Gasteiger partial charge in [0.25, 0.3) is 5.91 Å². The number of carbonyl (C=O) groups excluding carboxylic acids is 2. The maximum Gasteiger partial charge on any atom is 0.255 e. The average molecular weight is 514 g/mol. The topological polar surface area (TPSA) is 114 Å². The Morgan fingerprint density at radius 2 is 2.00 bits per heavy atom. The molecule has 192 valence electrons. The van der Waals surface area contributed by atoms with E-state index in [-0.39, 0.29) is 46.6 Å². The lowest BCUT2D eigenvalue weighted by Crippen LogP contribution is -2.45. The van der Waals surface area contributed by atoms with Crippen LogP contribution in [0.25, 0.3) is 0 Å². The van der Waals surface area contributed by atoms with E-state index in [4.69, 9.17) is 9.47 Å². The van der Waals surface area contributed by atoms with E-state index in [0.29, 0.717) is 32.4 Å². The smallest absolute Gasteiger partial charge is 0.255 e. The summed E-state index contributed by atoms with van der Waals surface area (Å²) in [7, 11) is -2.43. The molecule has 0 saturated carbocycles. The first-order chi connectivity index (χ1) is 17.3. The molecule has 2 aliphatic rings. The molecule has 0 aromatic heterocycles. The minimum atomic E-state index is -3.84. The molecule has 2 heterocycles. The number of hydrogen-bond acceptors (Lipinski definition) is 6. The van der Waals surface area contributed by atoms with Gasteiger partial charge in [-0.15, -0.1) is 0 Å². The van der Waals surface area contributed by atoms with E-state index in [1.54, 1.807) is 0 Å². The van der Waals surface area contributed by atoms with Crippen molar-refractivity contribution in [1.29, 1.82) is 0 Å². The molecular weight excluding hydrogens is 482 g/mol. The Labute approximate surface area is 211 Å². The zero-order chi connectivity index (χ0) is 25.7. The molecule has 2 saturated heterocycles. The second-order valence-electron chi connectivity index (χ2n) is 8.88. The summed E-state index contributed by atoms with van der Waals surface area (Å²) in [6.07, 6.45) is 2.37. The molecule has 4 rings (SSSR count). The van der Waals surface area contributed by atoms with E-state index in [9.17, 15) is 18.0 Å². The van der Waals surface area contributed by atoms with E-state index < -0.39 is 16.3 Å². The number of benzene rings is 2. The number of nitrogens with one attached hydrogen (secondary N) is 2. The lowest BCUT2D eigenvalue weighted by Gasteiger charge is -2.33. The molecule has 10 heteroatoms. The van der Waals surface area contributed by atoms with Gasteiger partial charge in [-0.25, -0.2) is 8.42 Å². The van der Waals surface area contributed by atoms with Gasteiger partial charge in [0, 0.05) is 25.7 Å². The van der Waals surface area contributed by atoms with Crippen LogP contribution in [0.2, 0.25) is 0 Å². The highest BCUT2D eigenvalue weighted by molar-refractivity contribution is 7.89. The van der Waals surface area contributed by atoms with Crippen molar-refractivity contribution < 1.29 is 27.5 Å². The van der Waals surface area contributed by atoms with Gasteiger partial charge in [-0.05, 0) is 49.0 Å². The third-order valence-corrected chi connectivity index (χ3v) is 8.46. The van der Waals surface area contributed by atoms with Gasteiger partial charge < -0.3 is 20.1 Å². The van der Waals surface area contributed by atoms with Crippen LogP contribution in [0.15, 0.2) is 66.1 Å². The summed E-state index contributed by atoms with van der Waals surface area (Å²) >= 11 is 0. The molecule has 0 spiro atoms. The summed E-state index contributed by atoms with van der Waals surface area (Å²) in [5.74, 6) is -0.297. The van der Waals surface area contributed by atoms with Crippen LogP contribution in [0.3, 0.4) is 0 Å². The van der Waals surface area contributed by atoms with Gasteiger partial charge in [-0.2, -0.15) is 4.31 Å². The van der Waals surface area contributed by atoms with E-state index in [1.165, 1.54) is 35.7 Å². The summed E-state index contributed by atoms with van der Waals surface area (Å²) < 4.78 is 39.4. The standard InChI is InChI=1S/C26H31N3O6S/c1-3-24(30)28-25-15-19-12-14-29(17-23(19)35-25)36(32,33)20-9-10-21(22(16-20)34-2)26(31)27-13-11-18-7-5-4-6-8-18/h3-10,16,19,23,25H,1,11-15,17H2,2H3,(H,27,31)(H,28,30). The van der Waals surface area contributed by atoms with Crippen molar-refractivity contribution in [3.05, 3.63) is 72.3 Å². The van der Waals surface area contributed by atoms with Crippen molar-refractivity contribution in [3.63, 3.8) is 0 Å². The number of rotatable bonds is 9. The van der Waals surface area contributed by atoms with Crippen LogP contribution >= 0.6 is 0 Å². The fourth-order valence-corrected chi connectivity index (χ4v) is 6.14. The van der Waals surface area contributed by atoms with Crippen LogP contribution in [-0.4, -0.2) is 63.6 Å². The normalized spacial score (nSPS) is 21.9. The number of carbonyl (C=O) groups is 2. The summed E-state index contributed by atoms with van der Waals surface area (Å²) in [4.78, 5) is 24.4. The zero-order valence-corrected chi connectivity index (χ0v) is 21.0. The fraction of sp³-hybridized carbons (Fsp3) is 0.385. The van der Waals surface area contributed by atoms with Crippen molar-refractivity contribution in [2.24, 2.45) is 5.92 Å². The summed E-state index contributed by atoms with van der Waals surface area (Å²) in [6.45, 7) is 4.42. The molecule has 0 aliphatic carbocycles. The summed E-state index contributed by atoms with van der Waals surface area (Å²) in [6, 6.07) is 14.1. The molecule has 2 amide bonds. The molecule has 36 heavy (non-hydrogen) atoms. The van der Waals surface area contributed by atoms with Crippen molar-refractivity contribution >= 4 is 21.8 Å². The first-order valence-electron chi connectivity index (χ1n) is 11.9. The molecule has 0 radical (unpaired) electrons. The number of sulfonamides is 1. The Bertz CT molecular complexity index is 1220. The van der Waals surface area contributed by atoms with Crippen LogP contribution < -0.4 is 15.4 Å². The highest BCUT2D eigenvalue weighted by Gasteiger charge is 2.42. The average Bonchev–Trinajstić information content (AvgIpc) is 3.30. The number of nitrogens with zero attached hydrogens (tertiary/aromatic N) is 1. The molecule has 3 atom stereocenters. The number of hydrogen-bond donors (Lipinski definition) is 2. The van der Waals surface area contributed by atoms with Crippen molar-refractivity contribution in [1.82, 2.24) is 14.9 Å². The van der Waals surface area contributed by atoms with Crippen LogP contribution in [0.5, 0.6) is 5.75 Å². The van der Waals surface area contributed by atoms with Gasteiger partial charge in [0.05, 0.1) is 23.7 Å². The molecule has 2 aliphatic heterocycles. The zero-order valence-electron chi connectivity index (χ0n) is 20.2. The lowest BCUT2D eigenvalue weighted by atomic mass is 9.94. The maximum atomic E-state index is 13.4. The van der Waals surface area contributed by atoms with E-state index in [1.807, 2.05) is 30.3 Å². The number of fused-ring (bicyclic) bond motifs is 1. The highest BCUT2D eigenvalue weighted by Crippen LogP contribution is 2.35. The van der Waals surface area contributed by atoms with Crippen LogP contribution in [-0.2, 0) is 26.0 Å². The SMILES string of the molecule is C=CC(=O)NC1CC2CCN(S(=O)(=O)c3ccc(C(=O)NCCc4ccccc4)c(OC)c3)CC2O1. The van der Waals surface area contributed by atoms with Gasteiger partial charge in [0.1, 0.15) is 12.0 Å². The number of ether oxygens (including phenoxy) is 2. The fourth-order valence-electron chi connectivity index (χ4n) is 4.66. The van der Waals surface area contributed by atoms with Crippen LogP contribution in [0, 0.1) is 5.92 Å². The molecule has 2 aromatic rings. The number of amides is 2. The monoisotopic (exact) mass is 513 g/mol. The molecule has 0 bridgehead atoms. The predicted octanol–water partition coefficient (Wildman–Crippen LogP) is 2.10. The highest BCUT2D eigenvalue weighted by atomic mass is 32.2. The first kappa shape index (κ1) is 25.9. The molecule has 2 fully saturated rings. The Morgan fingerprint density at radius 3 is 2.72 bits per heavy atom. The Hall–Kier alpha value is -3.21. The molecule has 9 nitrogen and oxygen atoms in total. The van der Waals surface area contributed by atoms with E-state index in [2.05, 4.69) is 17.2 Å². The minimum absolute atomic E-state index is 0.0492. The minimum Gasteiger partial charge on any atom is -0.496 e. The molecular formula is C26H31N3O6S. The van der Waals surface area contributed by atoms with Crippen LogP contribution in [0.1, 0.15) is 28.8 Å². The third kappa shape index (κ3) is 5.77. The van der Waals surface area contributed by atoms with Gasteiger partial charge in [-0.1, -0.05) is 36.9 Å². The Kier molecular flexibility index (Phi) is 8.07. The van der Waals surface area contributed by atoms with E-state index in [0.717, 1.165) is 5.56 Å². The summed E-state index contributed by atoms with van der Waals surface area (Å²) in [5, 5.41) is 5.58. The third-order valence-electron chi connectivity index (χ3n) is 6.60. The van der Waals surface area contributed by atoms with Crippen molar-refractivity contribution in [3.8, 4) is 5.75 Å². The van der Waals surface area contributed by atoms with Crippen molar-refractivity contribution in [2.75, 3.05) is 26.7 Å². The van der Waals surface area contributed by atoms with Gasteiger partial charge >= 0.3 is 0 Å². The van der Waals surface area contributed by atoms with Gasteiger partial charge in [-0.3, -0.25) is 9.59 Å².